The molecule has 0 aliphatic carbocycles. The van der Waals surface area contributed by atoms with Crippen molar-refractivity contribution in [3.63, 3.8) is 0 Å². The first-order chi connectivity index (χ1) is 8.15. The number of carbonyl (C=O) groups is 3. The third-order valence-electron chi connectivity index (χ3n) is 2.60. The molecule has 17 heavy (non-hydrogen) atoms. The van der Waals surface area contributed by atoms with E-state index in [1.54, 1.807) is 0 Å². The van der Waals surface area contributed by atoms with Gasteiger partial charge >= 0.3 is 17.8 Å². The minimum absolute atomic E-state index is 0.334. The number of urea groups is 1. The molecule has 1 aliphatic rings. The molecular weight excluding hydrogens is 240 g/mol. The Labute approximate surface area is 102 Å². The zero-order valence-corrected chi connectivity index (χ0v) is 10.1. The van der Waals surface area contributed by atoms with Crippen LogP contribution in [0.25, 0.3) is 0 Å². The Morgan fingerprint density at radius 1 is 1.41 bits per heavy atom. The van der Waals surface area contributed by atoms with Crippen LogP contribution in [0, 0.1) is 0 Å². The average molecular weight is 252 g/mol. The molecule has 1 aliphatic heterocycles. The molecule has 2 rings (SSSR count). The smallest absolute Gasteiger partial charge is 0.269 e. The Hall–Kier alpha value is -1.69. The van der Waals surface area contributed by atoms with Gasteiger partial charge in [-0.2, -0.15) is 0 Å². The summed E-state index contributed by atoms with van der Waals surface area (Å²) in [5.41, 5.74) is 0. The minimum Gasteiger partial charge on any atom is -0.269 e. The number of thiophene rings is 1. The van der Waals surface area contributed by atoms with Crippen molar-refractivity contribution in [1.29, 1.82) is 0 Å². The van der Waals surface area contributed by atoms with Gasteiger partial charge < -0.3 is 0 Å². The van der Waals surface area contributed by atoms with Crippen molar-refractivity contribution in [2.45, 2.75) is 25.8 Å². The van der Waals surface area contributed by atoms with Crippen LogP contribution in [0.15, 0.2) is 17.5 Å². The lowest BCUT2D eigenvalue weighted by atomic mass is 10.1. The van der Waals surface area contributed by atoms with E-state index in [2.05, 4.69) is 0 Å². The molecule has 1 atom stereocenters. The largest absolute Gasteiger partial charge is 0.332 e. The SMILES string of the molecule is CCCC(c1cccs1)N1C(=O)NC(=O)C1=O. The van der Waals surface area contributed by atoms with Gasteiger partial charge in [-0.25, -0.2) is 9.69 Å². The fourth-order valence-corrected chi connectivity index (χ4v) is 2.70. The normalized spacial score (nSPS) is 17.5. The Morgan fingerprint density at radius 2 is 2.18 bits per heavy atom. The molecule has 0 saturated carbocycles. The highest BCUT2D eigenvalue weighted by atomic mass is 32.1. The summed E-state index contributed by atoms with van der Waals surface area (Å²) in [5.74, 6) is -1.60. The van der Waals surface area contributed by atoms with Gasteiger partial charge in [0.15, 0.2) is 0 Å². The van der Waals surface area contributed by atoms with Crippen LogP contribution in [0.5, 0.6) is 0 Å². The highest BCUT2D eigenvalue weighted by Crippen LogP contribution is 2.30. The van der Waals surface area contributed by atoms with E-state index in [4.69, 9.17) is 0 Å². The van der Waals surface area contributed by atoms with Gasteiger partial charge in [-0.15, -0.1) is 11.3 Å². The van der Waals surface area contributed by atoms with Crippen molar-refractivity contribution in [3.8, 4) is 0 Å². The summed E-state index contributed by atoms with van der Waals surface area (Å²) in [6, 6.07) is 2.78. The van der Waals surface area contributed by atoms with Crippen molar-refractivity contribution in [2.75, 3.05) is 0 Å². The summed E-state index contributed by atoms with van der Waals surface area (Å²) in [4.78, 5) is 36.3. The number of nitrogens with zero attached hydrogens (tertiary/aromatic N) is 1. The molecule has 1 fully saturated rings. The Morgan fingerprint density at radius 3 is 2.65 bits per heavy atom. The van der Waals surface area contributed by atoms with Crippen LogP contribution in [-0.2, 0) is 9.59 Å². The van der Waals surface area contributed by atoms with Gasteiger partial charge in [0.25, 0.3) is 0 Å². The van der Waals surface area contributed by atoms with Crippen molar-refractivity contribution in [2.24, 2.45) is 0 Å². The Balaban J connectivity index is 2.31. The highest BCUT2D eigenvalue weighted by molar-refractivity contribution is 7.10. The molecule has 1 saturated heterocycles. The van der Waals surface area contributed by atoms with Crippen LogP contribution in [0.4, 0.5) is 4.79 Å². The molecule has 4 amide bonds. The van der Waals surface area contributed by atoms with Gasteiger partial charge in [-0.3, -0.25) is 14.9 Å². The third kappa shape index (κ3) is 2.08. The number of imide groups is 2. The van der Waals surface area contributed by atoms with Gasteiger partial charge in [0.05, 0.1) is 6.04 Å². The van der Waals surface area contributed by atoms with Crippen LogP contribution in [-0.4, -0.2) is 22.7 Å². The topological polar surface area (TPSA) is 66.5 Å². The van der Waals surface area contributed by atoms with Crippen LogP contribution < -0.4 is 5.32 Å². The lowest BCUT2D eigenvalue weighted by Crippen LogP contribution is -2.34. The lowest BCUT2D eigenvalue weighted by Gasteiger charge is -2.22. The van der Waals surface area contributed by atoms with Crippen LogP contribution in [0.3, 0.4) is 0 Å². The third-order valence-corrected chi connectivity index (χ3v) is 3.57. The van der Waals surface area contributed by atoms with E-state index < -0.39 is 17.8 Å². The standard InChI is InChI=1S/C11H12N2O3S/c1-2-4-7(8-5-3-6-17-8)13-10(15)9(14)12-11(13)16/h3,5-7H,2,4H2,1H3,(H,12,14,16). The van der Waals surface area contributed by atoms with Gasteiger partial charge in [-0.05, 0) is 17.9 Å². The van der Waals surface area contributed by atoms with Gasteiger partial charge in [0.2, 0.25) is 0 Å². The fourth-order valence-electron chi connectivity index (χ4n) is 1.85. The maximum absolute atomic E-state index is 11.6. The maximum atomic E-state index is 11.6. The van der Waals surface area contributed by atoms with Crippen molar-refractivity contribution in [3.05, 3.63) is 22.4 Å². The highest BCUT2D eigenvalue weighted by Gasteiger charge is 2.41. The first-order valence-electron chi connectivity index (χ1n) is 5.37. The second kappa shape index (κ2) is 4.67. The Bertz CT molecular complexity index is 455. The van der Waals surface area contributed by atoms with Crippen molar-refractivity contribution >= 4 is 29.2 Å². The van der Waals surface area contributed by atoms with E-state index >= 15 is 0 Å². The Kier molecular flexibility index (Phi) is 3.23. The van der Waals surface area contributed by atoms with E-state index in [0.717, 1.165) is 16.2 Å². The zero-order valence-electron chi connectivity index (χ0n) is 9.30. The van der Waals surface area contributed by atoms with Crippen LogP contribution in [0.1, 0.15) is 30.7 Å². The molecule has 6 heteroatoms. The first-order valence-corrected chi connectivity index (χ1v) is 6.25. The van der Waals surface area contributed by atoms with E-state index in [9.17, 15) is 14.4 Å². The summed E-state index contributed by atoms with van der Waals surface area (Å²) in [7, 11) is 0. The lowest BCUT2D eigenvalue weighted by molar-refractivity contribution is -0.141. The monoisotopic (exact) mass is 252 g/mol. The van der Waals surface area contributed by atoms with Gasteiger partial charge in [0.1, 0.15) is 0 Å². The zero-order chi connectivity index (χ0) is 12.4. The molecule has 1 aromatic heterocycles. The molecule has 0 spiro atoms. The number of nitrogens with one attached hydrogen (secondary N) is 1. The first kappa shape index (κ1) is 11.8. The van der Waals surface area contributed by atoms with Crippen molar-refractivity contribution < 1.29 is 14.4 Å². The molecule has 0 aromatic carbocycles. The summed E-state index contributed by atoms with van der Waals surface area (Å²) in [6.07, 6.45) is 1.49. The molecule has 1 N–H and O–H groups in total. The van der Waals surface area contributed by atoms with Gasteiger partial charge in [0, 0.05) is 4.88 Å². The number of amides is 4. The molecule has 0 radical (unpaired) electrons. The molecule has 2 heterocycles. The quantitative estimate of drug-likeness (QED) is 0.654. The molecule has 1 unspecified atom stereocenters. The van der Waals surface area contributed by atoms with Gasteiger partial charge in [-0.1, -0.05) is 19.4 Å². The summed E-state index contributed by atoms with van der Waals surface area (Å²) >= 11 is 1.48. The summed E-state index contributed by atoms with van der Waals surface area (Å²) in [6.45, 7) is 1.97. The molecule has 5 nitrogen and oxygen atoms in total. The molecule has 1 aromatic rings. The molecular formula is C11H12N2O3S. The number of carbonyl (C=O) groups excluding carboxylic acids is 3. The number of rotatable bonds is 4. The fraction of sp³-hybridized carbons (Fsp3) is 0.364. The van der Waals surface area contributed by atoms with E-state index in [1.165, 1.54) is 11.3 Å². The van der Waals surface area contributed by atoms with Crippen LogP contribution >= 0.6 is 11.3 Å². The van der Waals surface area contributed by atoms with E-state index in [1.807, 2.05) is 29.8 Å². The van der Waals surface area contributed by atoms with Crippen molar-refractivity contribution in [1.82, 2.24) is 10.2 Å². The minimum atomic E-state index is -0.840. The predicted octanol–water partition coefficient (Wildman–Crippen LogP) is 1.67. The second-order valence-corrected chi connectivity index (χ2v) is 4.73. The maximum Gasteiger partial charge on any atom is 0.332 e. The number of hydrogen-bond donors (Lipinski definition) is 1. The second-order valence-electron chi connectivity index (χ2n) is 3.75. The summed E-state index contributed by atoms with van der Waals surface area (Å²) in [5, 5.41) is 3.91. The molecule has 90 valence electrons. The average Bonchev–Trinajstić information content (AvgIpc) is 2.88. The number of hydrogen-bond acceptors (Lipinski definition) is 4. The van der Waals surface area contributed by atoms with Crippen LogP contribution in [0.2, 0.25) is 0 Å². The van der Waals surface area contributed by atoms with E-state index in [0.29, 0.717) is 6.42 Å². The summed E-state index contributed by atoms with van der Waals surface area (Å²) < 4.78 is 0. The van der Waals surface area contributed by atoms with E-state index in [-0.39, 0.29) is 6.04 Å². The predicted molar refractivity (Wildman–Crippen MR) is 62.4 cm³/mol. The molecule has 0 bridgehead atoms.